The van der Waals surface area contributed by atoms with Crippen LogP contribution in [-0.2, 0) is 11.8 Å². The van der Waals surface area contributed by atoms with Crippen LogP contribution in [0.2, 0.25) is 0 Å². The van der Waals surface area contributed by atoms with Gasteiger partial charge in [-0.2, -0.15) is 4.98 Å². The number of aromatic hydroxyl groups is 1. The molecule has 0 radical (unpaired) electrons. The first-order valence-corrected chi connectivity index (χ1v) is 4.57. The number of hydrogen-bond donors (Lipinski definition) is 1. The molecule has 72 valence electrons. The van der Waals surface area contributed by atoms with Crippen molar-refractivity contribution in [2.24, 2.45) is 7.05 Å². The lowest BCUT2D eigenvalue weighted by molar-refractivity contribution is 0.0830. The first-order valence-electron chi connectivity index (χ1n) is 4.57. The summed E-state index contributed by atoms with van der Waals surface area (Å²) in [5.74, 6) is 1.53. The van der Waals surface area contributed by atoms with E-state index in [9.17, 15) is 5.11 Å². The lowest BCUT2D eigenvalue weighted by Gasteiger charge is -2.21. The molecule has 1 aliphatic heterocycles. The summed E-state index contributed by atoms with van der Waals surface area (Å²) in [6, 6.07) is 0. The van der Waals surface area contributed by atoms with Crippen molar-refractivity contribution in [3.63, 3.8) is 0 Å². The maximum absolute atomic E-state index is 9.20. The van der Waals surface area contributed by atoms with E-state index in [4.69, 9.17) is 4.74 Å². The number of ether oxygens (including phenoxy) is 1. The van der Waals surface area contributed by atoms with Gasteiger partial charge in [0.15, 0.2) is 0 Å². The highest BCUT2D eigenvalue weighted by molar-refractivity contribution is 5.11. The monoisotopic (exact) mass is 182 g/mol. The second-order valence-corrected chi connectivity index (χ2v) is 3.45. The summed E-state index contributed by atoms with van der Waals surface area (Å²) >= 11 is 0. The smallest absolute Gasteiger partial charge is 0.229 e. The van der Waals surface area contributed by atoms with Gasteiger partial charge < -0.3 is 14.4 Å². The number of nitrogens with zero attached hydrogens (tertiary/aromatic N) is 2. The third kappa shape index (κ3) is 1.67. The molecule has 1 saturated heterocycles. The van der Waals surface area contributed by atoms with E-state index >= 15 is 0 Å². The van der Waals surface area contributed by atoms with Gasteiger partial charge in [0.2, 0.25) is 5.88 Å². The molecule has 4 heteroatoms. The Morgan fingerprint density at radius 1 is 1.54 bits per heavy atom. The zero-order chi connectivity index (χ0) is 9.26. The van der Waals surface area contributed by atoms with Crippen LogP contribution >= 0.6 is 0 Å². The van der Waals surface area contributed by atoms with Crippen molar-refractivity contribution >= 4 is 0 Å². The zero-order valence-electron chi connectivity index (χ0n) is 7.73. The van der Waals surface area contributed by atoms with Gasteiger partial charge in [-0.1, -0.05) is 0 Å². The predicted octanol–water partition coefficient (Wildman–Crippen LogP) is 1.02. The molecule has 13 heavy (non-hydrogen) atoms. The van der Waals surface area contributed by atoms with Crippen LogP contribution in [0.15, 0.2) is 6.20 Å². The van der Waals surface area contributed by atoms with E-state index in [0.29, 0.717) is 5.92 Å². The minimum Gasteiger partial charge on any atom is -0.492 e. The van der Waals surface area contributed by atoms with Crippen LogP contribution in [0.4, 0.5) is 0 Å². The van der Waals surface area contributed by atoms with E-state index in [2.05, 4.69) is 4.98 Å². The minimum absolute atomic E-state index is 0.115. The van der Waals surface area contributed by atoms with Crippen LogP contribution < -0.4 is 0 Å². The molecular formula is C9H14N2O2. The Morgan fingerprint density at radius 3 is 2.77 bits per heavy atom. The van der Waals surface area contributed by atoms with E-state index in [1.165, 1.54) is 0 Å². The Bertz CT molecular complexity index is 290. The van der Waals surface area contributed by atoms with Crippen molar-refractivity contribution in [1.29, 1.82) is 0 Å². The van der Waals surface area contributed by atoms with Gasteiger partial charge in [-0.15, -0.1) is 0 Å². The summed E-state index contributed by atoms with van der Waals surface area (Å²) in [5, 5.41) is 9.20. The number of aryl methyl sites for hydroxylation is 1. The van der Waals surface area contributed by atoms with Gasteiger partial charge in [0.1, 0.15) is 5.82 Å². The van der Waals surface area contributed by atoms with E-state index in [1.807, 2.05) is 11.6 Å². The Morgan fingerprint density at radius 2 is 2.23 bits per heavy atom. The fraction of sp³-hybridized carbons (Fsp3) is 0.667. The van der Waals surface area contributed by atoms with E-state index in [0.717, 1.165) is 31.9 Å². The number of hydrogen-bond acceptors (Lipinski definition) is 3. The number of aromatic nitrogens is 2. The highest BCUT2D eigenvalue weighted by Crippen LogP contribution is 2.26. The van der Waals surface area contributed by atoms with Gasteiger partial charge in [-0.25, -0.2) is 0 Å². The van der Waals surface area contributed by atoms with Crippen molar-refractivity contribution in [2.75, 3.05) is 13.2 Å². The van der Waals surface area contributed by atoms with Gasteiger partial charge in [-0.05, 0) is 12.8 Å². The Balaban J connectivity index is 2.18. The second-order valence-electron chi connectivity index (χ2n) is 3.45. The molecular weight excluding hydrogens is 168 g/mol. The van der Waals surface area contributed by atoms with Crippen molar-refractivity contribution in [1.82, 2.24) is 9.55 Å². The fourth-order valence-corrected chi connectivity index (χ4v) is 1.80. The van der Waals surface area contributed by atoms with Crippen LogP contribution in [0.25, 0.3) is 0 Å². The Hall–Kier alpha value is -1.03. The van der Waals surface area contributed by atoms with Crippen molar-refractivity contribution in [3.05, 3.63) is 12.0 Å². The average Bonchev–Trinajstić information content (AvgIpc) is 2.47. The Kier molecular flexibility index (Phi) is 2.22. The summed E-state index contributed by atoms with van der Waals surface area (Å²) in [6.45, 7) is 1.61. The molecule has 4 nitrogen and oxygen atoms in total. The number of rotatable bonds is 1. The van der Waals surface area contributed by atoms with Gasteiger partial charge in [0, 0.05) is 26.2 Å². The fourth-order valence-electron chi connectivity index (χ4n) is 1.80. The third-order valence-corrected chi connectivity index (χ3v) is 2.49. The molecule has 0 unspecified atom stereocenters. The molecule has 1 fully saturated rings. The first-order chi connectivity index (χ1) is 6.27. The summed E-state index contributed by atoms with van der Waals surface area (Å²) < 4.78 is 7.16. The van der Waals surface area contributed by atoms with Gasteiger partial charge in [0.25, 0.3) is 0 Å². The molecule has 0 spiro atoms. The van der Waals surface area contributed by atoms with Gasteiger partial charge in [-0.3, -0.25) is 0 Å². The molecule has 1 N–H and O–H groups in total. The minimum atomic E-state index is 0.115. The quantitative estimate of drug-likeness (QED) is 0.705. The van der Waals surface area contributed by atoms with Crippen LogP contribution in [0, 0.1) is 0 Å². The molecule has 1 aliphatic rings. The highest BCUT2D eigenvalue weighted by Gasteiger charge is 2.20. The normalized spacial score (nSPS) is 19.2. The average molecular weight is 182 g/mol. The molecule has 1 aromatic heterocycles. The number of imidazole rings is 1. The van der Waals surface area contributed by atoms with Gasteiger partial charge in [0.05, 0.1) is 6.20 Å². The lowest BCUT2D eigenvalue weighted by atomic mass is 10.00. The largest absolute Gasteiger partial charge is 0.492 e. The SMILES string of the molecule is Cn1cc(O)nc1C1CCOCC1. The zero-order valence-corrected chi connectivity index (χ0v) is 7.73. The lowest BCUT2D eigenvalue weighted by Crippen LogP contribution is -2.17. The molecule has 2 rings (SSSR count). The summed E-state index contributed by atoms with van der Waals surface area (Å²) in [6.07, 6.45) is 3.65. The molecule has 0 atom stereocenters. The summed E-state index contributed by atoms with van der Waals surface area (Å²) in [5.41, 5.74) is 0. The van der Waals surface area contributed by atoms with E-state index < -0.39 is 0 Å². The van der Waals surface area contributed by atoms with Crippen LogP contribution in [-0.4, -0.2) is 27.9 Å². The standard InChI is InChI=1S/C9H14N2O2/c1-11-6-8(12)10-9(11)7-2-4-13-5-3-7/h6-7,12H,2-5H2,1H3. The summed E-state index contributed by atoms with van der Waals surface area (Å²) in [4.78, 5) is 4.10. The van der Waals surface area contributed by atoms with E-state index in [-0.39, 0.29) is 5.88 Å². The highest BCUT2D eigenvalue weighted by atomic mass is 16.5. The Labute approximate surface area is 77.2 Å². The summed E-state index contributed by atoms with van der Waals surface area (Å²) in [7, 11) is 1.91. The van der Waals surface area contributed by atoms with Crippen molar-refractivity contribution in [2.45, 2.75) is 18.8 Å². The molecule has 2 heterocycles. The molecule has 0 bridgehead atoms. The maximum atomic E-state index is 9.20. The van der Waals surface area contributed by atoms with Crippen molar-refractivity contribution < 1.29 is 9.84 Å². The van der Waals surface area contributed by atoms with Crippen LogP contribution in [0.5, 0.6) is 5.88 Å². The molecule has 0 saturated carbocycles. The van der Waals surface area contributed by atoms with Crippen LogP contribution in [0.3, 0.4) is 0 Å². The molecule has 0 aliphatic carbocycles. The van der Waals surface area contributed by atoms with E-state index in [1.54, 1.807) is 6.20 Å². The predicted molar refractivity (Wildman–Crippen MR) is 47.7 cm³/mol. The maximum Gasteiger partial charge on any atom is 0.229 e. The molecule has 1 aromatic rings. The first kappa shape index (κ1) is 8.56. The third-order valence-electron chi connectivity index (χ3n) is 2.49. The van der Waals surface area contributed by atoms with Crippen molar-refractivity contribution in [3.8, 4) is 5.88 Å². The molecule has 0 amide bonds. The topological polar surface area (TPSA) is 47.3 Å². The van der Waals surface area contributed by atoms with Crippen LogP contribution in [0.1, 0.15) is 24.6 Å². The molecule has 0 aromatic carbocycles. The second kappa shape index (κ2) is 3.38. The van der Waals surface area contributed by atoms with Gasteiger partial charge >= 0.3 is 0 Å².